The number of hydrogen-bond donors (Lipinski definition) is 2. The number of anilines is 1. The number of nitrogens with zero attached hydrogens (tertiary/aromatic N) is 2. The van der Waals surface area contributed by atoms with Crippen molar-refractivity contribution in [2.45, 2.75) is 0 Å². The van der Waals surface area contributed by atoms with Crippen molar-refractivity contribution in [2.75, 3.05) is 11.9 Å². The largest absolute Gasteiger partial charge is 0.481 e. The third kappa shape index (κ3) is 5.55. The zero-order chi connectivity index (χ0) is 20.7. The maximum Gasteiger partial charge on any atom is 0.341 e. The number of non-ortho nitro benzene ring substituents is 1. The van der Waals surface area contributed by atoms with E-state index in [1.807, 2.05) is 0 Å². The van der Waals surface area contributed by atoms with Crippen molar-refractivity contribution in [1.82, 2.24) is 0 Å². The predicted molar refractivity (Wildman–Crippen MR) is 99.9 cm³/mol. The number of carbonyl (C=O) groups is 2. The molecule has 2 aromatic carbocycles. The van der Waals surface area contributed by atoms with Gasteiger partial charge in [-0.05, 0) is 30.3 Å². The van der Waals surface area contributed by atoms with Crippen LogP contribution in [0.3, 0.4) is 0 Å². The normalized spacial score (nSPS) is 10.6. The van der Waals surface area contributed by atoms with Crippen LogP contribution in [0.25, 0.3) is 6.08 Å². The van der Waals surface area contributed by atoms with Crippen LogP contribution in [-0.4, -0.2) is 28.5 Å². The summed E-state index contributed by atoms with van der Waals surface area (Å²) in [5, 5.41) is 31.5. The molecular weight excluding hydrogens is 390 g/mol. The van der Waals surface area contributed by atoms with Crippen LogP contribution in [0.5, 0.6) is 5.75 Å². The molecule has 2 N–H and O–H groups in total. The number of carboxylic acid groups (broad SMARTS) is 1. The Labute approximate surface area is 163 Å². The van der Waals surface area contributed by atoms with Crippen LogP contribution in [0.1, 0.15) is 5.56 Å². The minimum absolute atomic E-state index is 0.114. The molecule has 0 fully saturated rings. The van der Waals surface area contributed by atoms with E-state index in [4.69, 9.17) is 21.4 Å². The summed E-state index contributed by atoms with van der Waals surface area (Å²) in [5.41, 5.74) is -0.207. The van der Waals surface area contributed by atoms with Crippen molar-refractivity contribution in [3.05, 3.63) is 68.7 Å². The number of hydrogen-bond acceptors (Lipinski definition) is 6. The van der Waals surface area contributed by atoms with E-state index >= 15 is 0 Å². The standard InChI is InChI=1S/C18H12ClN3O6/c19-13-4-5-16(28-10-17(23)24)11(7-13)6-12(9-20)18(25)21-14-2-1-3-15(8-14)22(26)27/h1-8H,10H2,(H,21,25)(H,23,24)/b12-6+. The van der Waals surface area contributed by atoms with Gasteiger partial charge < -0.3 is 15.2 Å². The van der Waals surface area contributed by atoms with Gasteiger partial charge in [-0.2, -0.15) is 5.26 Å². The van der Waals surface area contributed by atoms with E-state index in [0.29, 0.717) is 0 Å². The van der Waals surface area contributed by atoms with Crippen molar-refractivity contribution < 1.29 is 24.4 Å². The molecule has 10 heteroatoms. The predicted octanol–water partition coefficient (Wildman–Crippen LogP) is 3.26. The van der Waals surface area contributed by atoms with Gasteiger partial charge >= 0.3 is 5.97 Å². The smallest absolute Gasteiger partial charge is 0.341 e. The molecule has 0 saturated heterocycles. The lowest BCUT2D eigenvalue weighted by atomic mass is 10.1. The highest BCUT2D eigenvalue weighted by molar-refractivity contribution is 6.30. The molecule has 0 bridgehead atoms. The number of ether oxygens (including phenoxy) is 1. The Morgan fingerprint density at radius 3 is 2.71 bits per heavy atom. The monoisotopic (exact) mass is 401 g/mol. The minimum Gasteiger partial charge on any atom is -0.481 e. The number of carboxylic acids is 1. The molecule has 0 unspecified atom stereocenters. The van der Waals surface area contributed by atoms with E-state index in [1.165, 1.54) is 42.5 Å². The van der Waals surface area contributed by atoms with Gasteiger partial charge in [0.1, 0.15) is 17.4 Å². The fraction of sp³-hybridized carbons (Fsp3) is 0.0556. The summed E-state index contributed by atoms with van der Waals surface area (Å²) in [6.45, 7) is -0.621. The number of halogens is 1. The molecule has 28 heavy (non-hydrogen) atoms. The summed E-state index contributed by atoms with van der Waals surface area (Å²) in [7, 11) is 0. The van der Waals surface area contributed by atoms with E-state index in [9.17, 15) is 25.0 Å². The summed E-state index contributed by atoms with van der Waals surface area (Å²) in [4.78, 5) is 33.2. The molecule has 0 atom stereocenters. The van der Waals surface area contributed by atoms with E-state index in [2.05, 4.69) is 5.32 Å². The van der Waals surface area contributed by atoms with E-state index in [1.54, 1.807) is 6.07 Å². The number of benzene rings is 2. The van der Waals surface area contributed by atoms with Crippen LogP contribution in [0.15, 0.2) is 48.0 Å². The molecular formula is C18H12ClN3O6. The van der Waals surface area contributed by atoms with Crippen molar-refractivity contribution in [1.29, 1.82) is 5.26 Å². The van der Waals surface area contributed by atoms with Crippen LogP contribution in [0.4, 0.5) is 11.4 Å². The van der Waals surface area contributed by atoms with Gasteiger partial charge in [0.2, 0.25) is 0 Å². The van der Waals surface area contributed by atoms with Gasteiger partial charge in [0.25, 0.3) is 11.6 Å². The molecule has 2 rings (SSSR count). The van der Waals surface area contributed by atoms with Gasteiger partial charge in [-0.25, -0.2) is 4.79 Å². The maximum absolute atomic E-state index is 12.4. The number of amides is 1. The van der Waals surface area contributed by atoms with Crippen molar-refractivity contribution >= 4 is 40.9 Å². The molecule has 0 aliphatic rings. The third-order valence-electron chi connectivity index (χ3n) is 3.30. The molecule has 2 aromatic rings. The molecule has 0 heterocycles. The first kappa shape index (κ1) is 20.4. The van der Waals surface area contributed by atoms with Gasteiger partial charge in [-0.3, -0.25) is 14.9 Å². The first-order valence-electron chi connectivity index (χ1n) is 7.62. The van der Waals surface area contributed by atoms with Crippen LogP contribution in [0, 0.1) is 21.4 Å². The lowest BCUT2D eigenvalue weighted by molar-refractivity contribution is -0.384. The lowest BCUT2D eigenvalue weighted by Gasteiger charge is -2.09. The van der Waals surface area contributed by atoms with Gasteiger partial charge in [-0.1, -0.05) is 17.7 Å². The number of rotatable bonds is 7. The molecule has 0 aliphatic carbocycles. The second-order valence-corrected chi connectivity index (χ2v) is 5.73. The first-order valence-corrected chi connectivity index (χ1v) is 7.99. The number of nitrogens with one attached hydrogen (secondary N) is 1. The number of nitriles is 1. The van der Waals surface area contributed by atoms with Crippen LogP contribution in [0.2, 0.25) is 5.02 Å². The Morgan fingerprint density at radius 1 is 1.32 bits per heavy atom. The van der Waals surface area contributed by atoms with Crippen molar-refractivity contribution in [2.24, 2.45) is 0 Å². The highest BCUT2D eigenvalue weighted by atomic mass is 35.5. The maximum atomic E-state index is 12.4. The Balaban J connectivity index is 2.30. The Kier molecular flexibility index (Phi) is 6.68. The third-order valence-corrected chi connectivity index (χ3v) is 3.54. The van der Waals surface area contributed by atoms with E-state index < -0.39 is 23.4 Å². The van der Waals surface area contributed by atoms with Gasteiger partial charge in [0, 0.05) is 28.4 Å². The minimum atomic E-state index is -1.20. The van der Waals surface area contributed by atoms with Crippen molar-refractivity contribution in [3.8, 4) is 11.8 Å². The Bertz CT molecular complexity index is 1010. The first-order chi connectivity index (χ1) is 13.3. The van der Waals surface area contributed by atoms with Gasteiger partial charge in [-0.15, -0.1) is 0 Å². The molecule has 0 radical (unpaired) electrons. The topological polar surface area (TPSA) is 143 Å². The zero-order valence-corrected chi connectivity index (χ0v) is 14.8. The molecule has 0 aliphatic heterocycles. The fourth-order valence-corrected chi connectivity index (χ4v) is 2.28. The fourth-order valence-electron chi connectivity index (χ4n) is 2.10. The lowest BCUT2D eigenvalue weighted by Crippen LogP contribution is -2.14. The van der Waals surface area contributed by atoms with Gasteiger partial charge in [0.05, 0.1) is 4.92 Å². The van der Waals surface area contributed by atoms with Crippen molar-refractivity contribution in [3.63, 3.8) is 0 Å². The summed E-state index contributed by atoms with van der Waals surface area (Å²) < 4.78 is 5.12. The highest BCUT2D eigenvalue weighted by Crippen LogP contribution is 2.26. The molecule has 0 spiro atoms. The number of nitro benzene ring substituents is 1. The molecule has 9 nitrogen and oxygen atoms in total. The summed E-state index contributed by atoms with van der Waals surface area (Å²) >= 11 is 5.91. The SMILES string of the molecule is N#C/C(=C\c1cc(Cl)ccc1OCC(=O)O)C(=O)Nc1cccc([N+](=O)[O-])c1. The van der Waals surface area contributed by atoms with Gasteiger partial charge in [0.15, 0.2) is 6.61 Å². The summed E-state index contributed by atoms with van der Waals surface area (Å²) in [6, 6.07) is 11.2. The number of carbonyl (C=O) groups excluding carboxylic acids is 1. The summed E-state index contributed by atoms with van der Waals surface area (Å²) in [5.74, 6) is -1.90. The molecule has 0 aromatic heterocycles. The second kappa shape index (κ2) is 9.16. The quantitative estimate of drug-likeness (QED) is 0.313. The van der Waals surface area contributed by atoms with E-state index in [-0.39, 0.29) is 33.3 Å². The average Bonchev–Trinajstić information content (AvgIpc) is 2.65. The Morgan fingerprint density at radius 2 is 2.07 bits per heavy atom. The van der Waals surface area contributed by atoms with E-state index in [0.717, 1.165) is 6.07 Å². The number of aliphatic carboxylic acids is 1. The summed E-state index contributed by atoms with van der Waals surface area (Å²) in [6.07, 6.45) is 1.18. The van der Waals surface area contributed by atoms with Crippen LogP contribution in [-0.2, 0) is 9.59 Å². The van der Waals surface area contributed by atoms with Crippen LogP contribution >= 0.6 is 11.6 Å². The second-order valence-electron chi connectivity index (χ2n) is 5.30. The number of nitro groups is 1. The molecule has 142 valence electrons. The zero-order valence-electron chi connectivity index (χ0n) is 14.1. The highest BCUT2D eigenvalue weighted by Gasteiger charge is 2.14. The Hall–Kier alpha value is -3.90. The average molecular weight is 402 g/mol. The van der Waals surface area contributed by atoms with Crippen LogP contribution < -0.4 is 10.1 Å². The molecule has 0 saturated carbocycles. The molecule has 1 amide bonds.